The highest BCUT2D eigenvalue weighted by Gasteiger charge is 2.56. The van der Waals surface area contributed by atoms with Gasteiger partial charge in [0.05, 0.1) is 11.7 Å². The quantitative estimate of drug-likeness (QED) is 0.493. The highest BCUT2D eigenvalue weighted by Crippen LogP contribution is 2.61. The second-order valence-electron chi connectivity index (χ2n) is 11.3. The molecule has 0 amide bonds. The molecule has 2 nitrogen and oxygen atoms in total. The summed E-state index contributed by atoms with van der Waals surface area (Å²) in [6, 6.07) is 0.570. The topological polar surface area (TPSA) is 21.3 Å². The third-order valence-corrected chi connectivity index (χ3v) is 9.87. The fourth-order valence-corrected chi connectivity index (χ4v) is 8.31. The van der Waals surface area contributed by atoms with Gasteiger partial charge >= 0.3 is 0 Å². The summed E-state index contributed by atoms with van der Waals surface area (Å²) in [7, 11) is 2.16. The molecule has 9 atom stereocenters. The normalized spacial score (nSPS) is 45.6. The lowest BCUT2D eigenvalue weighted by atomic mass is 9.65. The van der Waals surface area contributed by atoms with Crippen molar-refractivity contribution in [3.8, 4) is 0 Å². The summed E-state index contributed by atoms with van der Waals surface area (Å²) in [5.74, 6) is 5.70. The summed E-state index contributed by atoms with van der Waals surface area (Å²) in [6.07, 6.45) is 19.8. The van der Waals surface area contributed by atoms with Crippen molar-refractivity contribution in [1.82, 2.24) is 5.32 Å². The van der Waals surface area contributed by atoms with Gasteiger partial charge in [-0.05, 0) is 107 Å². The molecule has 9 unspecified atom stereocenters. The Kier molecular flexibility index (Phi) is 7.35. The SMILES string of the molecule is CC.CCC(C)CC1OC2(CCC3C(CC4C5CCCCC5=CCC34)C2)CC1NC. The molecule has 4 fully saturated rings. The van der Waals surface area contributed by atoms with E-state index in [0.717, 1.165) is 35.5 Å². The van der Waals surface area contributed by atoms with Gasteiger partial charge in [-0.2, -0.15) is 0 Å². The zero-order valence-corrected chi connectivity index (χ0v) is 20.6. The molecule has 0 aromatic heterocycles. The zero-order valence-electron chi connectivity index (χ0n) is 20.6. The van der Waals surface area contributed by atoms with Gasteiger partial charge in [0.15, 0.2) is 0 Å². The van der Waals surface area contributed by atoms with Crippen LogP contribution in [-0.4, -0.2) is 24.8 Å². The number of ether oxygens (including phenoxy) is 1. The molecule has 0 bridgehead atoms. The number of nitrogens with one attached hydrogen (secondary N) is 1. The molecule has 0 radical (unpaired) electrons. The third-order valence-electron chi connectivity index (χ3n) is 9.87. The Hall–Kier alpha value is -0.340. The minimum absolute atomic E-state index is 0.198. The standard InChI is InChI=1S/C26H43NO.C2H6/c1-4-17(2)13-25-24(27-3)16-26(28-25)12-11-21-19(15-26)14-23-20-8-6-5-7-18(20)9-10-22(21)23;1-2/h9,17,19-25,27H,4-8,10-16H2,1-3H3;1-2H3. The number of rotatable bonds is 4. The summed E-state index contributed by atoms with van der Waals surface area (Å²) in [4.78, 5) is 0. The van der Waals surface area contributed by atoms with Crippen LogP contribution in [0.2, 0.25) is 0 Å². The molecular weight excluding hydrogens is 366 g/mol. The second-order valence-corrected chi connectivity index (χ2v) is 11.3. The van der Waals surface area contributed by atoms with E-state index in [1.807, 2.05) is 19.4 Å². The lowest BCUT2D eigenvalue weighted by Gasteiger charge is -2.42. The summed E-state index contributed by atoms with van der Waals surface area (Å²) in [6.45, 7) is 8.72. The first-order valence-electron chi connectivity index (χ1n) is 13.7. The van der Waals surface area contributed by atoms with E-state index in [0.29, 0.717) is 12.1 Å². The number of hydrogen-bond acceptors (Lipinski definition) is 2. The Bertz CT molecular complexity index is 599. The van der Waals surface area contributed by atoms with Crippen molar-refractivity contribution in [2.75, 3.05) is 7.05 Å². The van der Waals surface area contributed by atoms with Gasteiger partial charge in [0.1, 0.15) is 0 Å². The Balaban J connectivity index is 0.00000106. The molecule has 1 spiro atoms. The number of allylic oxidation sites excluding steroid dienone is 2. The van der Waals surface area contributed by atoms with Crippen LogP contribution in [0.3, 0.4) is 0 Å². The van der Waals surface area contributed by atoms with Crippen LogP contribution in [0.25, 0.3) is 0 Å². The molecule has 1 heterocycles. The van der Waals surface area contributed by atoms with E-state index in [1.54, 1.807) is 0 Å². The van der Waals surface area contributed by atoms with Gasteiger partial charge in [0, 0.05) is 6.04 Å². The first-order chi connectivity index (χ1) is 14.6. The van der Waals surface area contributed by atoms with Crippen LogP contribution >= 0.6 is 0 Å². The van der Waals surface area contributed by atoms with E-state index in [9.17, 15) is 0 Å². The summed E-state index contributed by atoms with van der Waals surface area (Å²) >= 11 is 0. The average Bonchev–Trinajstić information content (AvgIpc) is 3.32. The van der Waals surface area contributed by atoms with Gasteiger partial charge in [-0.1, -0.05) is 52.2 Å². The van der Waals surface area contributed by atoms with Gasteiger partial charge in [-0.15, -0.1) is 0 Å². The molecule has 172 valence electrons. The molecule has 5 rings (SSSR count). The van der Waals surface area contributed by atoms with E-state index < -0.39 is 0 Å². The number of fused-ring (bicyclic) bond motifs is 5. The van der Waals surface area contributed by atoms with Crippen LogP contribution in [0, 0.1) is 35.5 Å². The van der Waals surface area contributed by atoms with Crippen molar-refractivity contribution < 1.29 is 4.74 Å². The minimum Gasteiger partial charge on any atom is -0.370 e. The Morgan fingerprint density at radius 2 is 1.97 bits per heavy atom. The van der Waals surface area contributed by atoms with Crippen LogP contribution in [0.4, 0.5) is 0 Å². The first-order valence-corrected chi connectivity index (χ1v) is 13.7. The predicted octanol–water partition coefficient (Wildman–Crippen LogP) is 7.14. The average molecular weight is 416 g/mol. The fourth-order valence-electron chi connectivity index (χ4n) is 8.31. The molecule has 1 saturated heterocycles. The van der Waals surface area contributed by atoms with Crippen LogP contribution in [-0.2, 0) is 4.74 Å². The molecule has 0 aromatic carbocycles. The highest BCUT2D eigenvalue weighted by molar-refractivity contribution is 5.19. The van der Waals surface area contributed by atoms with E-state index in [1.165, 1.54) is 77.0 Å². The van der Waals surface area contributed by atoms with E-state index in [4.69, 9.17) is 4.74 Å². The predicted molar refractivity (Wildman–Crippen MR) is 128 cm³/mol. The van der Waals surface area contributed by atoms with Crippen LogP contribution < -0.4 is 5.32 Å². The van der Waals surface area contributed by atoms with E-state index in [-0.39, 0.29) is 5.60 Å². The maximum absolute atomic E-state index is 6.96. The van der Waals surface area contributed by atoms with Crippen molar-refractivity contribution in [3.05, 3.63) is 11.6 Å². The van der Waals surface area contributed by atoms with E-state index in [2.05, 4.69) is 32.3 Å². The molecule has 30 heavy (non-hydrogen) atoms. The second kappa shape index (κ2) is 9.65. The van der Waals surface area contributed by atoms with Gasteiger partial charge in [0.25, 0.3) is 0 Å². The number of likely N-dealkylation sites (N-methyl/N-ethyl adjacent to an activating group) is 1. The molecule has 4 aliphatic carbocycles. The fraction of sp³-hybridized carbons (Fsp3) is 0.929. The third kappa shape index (κ3) is 4.17. The molecule has 2 heteroatoms. The molecule has 1 aliphatic heterocycles. The smallest absolute Gasteiger partial charge is 0.0739 e. The Morgan fingerprint density at radius 1 is 1.13 bits per heavy atom. The van der Waals surface area contributed by atoms with Crippen LogP contribution in [0.15, 0.2) is 11.6 Å². The summed E-state index contributed by atoms with van der Waals surface area (Å²) < 4.78 is 6.96. The molecule has 5 aliphatic rings. The number of hydrogen-bond donors (Lipinski definition) is 1. The zero-order chi connectivity index (χ0) is 21.3. The lowest BCUT2D eigenvalue weighted by molar-refractivity contribution is -0.0918. The first kappa shape index (κ1) is 22.8. The molecule has 3 saturated carbocycles. The summed E-state index contributed by atoms with van der Waals surface area (Å²) in [5, 5.41) is 3.63. The largest absolute Gasteiger partial charge is 0.370 e. The van der Waals surface area contributed by atoms with Gasteiger partial charge < -0.3 is 10.1 Å². The van der Waals surface area contributed by atoms with Gasteiger partial charge in [0.2, 0.25) is 0 Å². The van der Waals surface area contributed by atoms with Crippen LogP contribution in [0.5, 0.6) is 0 Å². The van der Waals surface area contributed by atoms with Crippen molar-refractivity contribution >= 4 is 0 Å². The maximum atomic E-state index is 6.96. The van der Waals surface area contributed by atoms with Gasteiger partial charge in [-0.25, -0.2) is 0 Å². The van der Waals surface area contributed by atoms with Crippen molar-refractivity contribution in [1.29, 1.82) is 0 Å². The Labute approximate surface area is 187 Å². The van der Waals surface area contributed by atoms with Crippen LogP contribution in [0.1, 0.15) is 105 Å². The monoisotopic (exact) mass is 415 g/mol. The van der Waals surface area contributed by atoms with Crippen molar-refractivity contribution in [2.45, 2.75) is 122 Å². The summed E-state index contributed by atoms with van der Waals surface area (Å²) in [5.41, 5.74) is 2.06. The molecular formula is C28H49NO. The van der Waals surface area contributed by atoms with Crippen molar-refractivity contribution in [3.63, 3.8) is 0 Å². The van der Waals surface area contributed by atoms with Gasteiger partial charge in [-0.3, -0.25) is 0 Å². The Morgan fingerprint density at radius 3 is 2.73 bits per heavy atom. The maximum Gasteiger partial charge on any atom is 0.0739 e. The highest BCUT2D eigenvalue weighted by atomic mass is 16.5. The minimum atomic E-state index is 0.198. The molecule has 1 N–H and O–H groups in total. The van der Waals surface area contributed by atoms with E-state index >= 15 is 0 Å². The molecule has 0 aromatic rings. The van der Waals surface area contributed by atoms with Crippen molar-refractivity contribution in [2.24, 2.45) is 35.5 Å². The lowest BCUT2D eigenvalue weighted by Crippen LogP contribution is -2.39.